The maximum atomic E-state index is 13.3. The molecule has 1 aliphatic heterocycles. The molecule has 1 amide bonds. The first-order valence-electron chi connectivity index (χ1n) is 8.25. The summed E-state index contributed by atoms with van der Waals surface area (Å²) in [7, 11) is 0. The van der Waals surface area contributed by atoms with Crippen molar-refractivity contribution in [2.75, 3.05) is 23.3 Å². The first-order valence-corrected chi connectivity index (χ1v) is 8.25. The number of benzene rings is 2. The third-order valence-electron chi connectivity index (χ3n) is 4.22. The molecule has 3 rings (SSSR count). The van der Waals surface area contributed by atoms with E-state index < -0.39 is 17.5 Å². The average molecular weight is 330 g/mol. The highest BCUT2D eigenvalue weighted by atomic mass is 19.1. The number of nitrogens with zero attached hydrogens (tertiary/aromatic N) is 1. The van der Waals surface area contributed by atoms with Crippen molar-refractivity contribution in [1.29, 1.82) is 0 Å². The van der Waals surface area contributed by atoms with Crippen molar-refractivity contribution in [1.82, 2.24) is 0 Å². The monoisotopic (exact) mass is 330 g/mol. The number of rotatable bonds is 3. The second-order valence-corrected chi connectivity index (χ2v) is 6.03. The quantitative estimate of drug-likeness (QED) is 0.892. The van der Waals surface area contributed by atoms with E-state index >= 15 is 0 Å². The van der Waals surface area contributed by atoms with Crippen LogP contribution in [-0.2, 0) is 0 Å². The van der Waals surface area contributed by atoms with Crippen molar-refractivity contribution in [2.45, 2.75) is 25.7 Å². The Kier molecular flexibility index (Phi) is 5.08. The van der Waals surface area contributed by atoms with E-state index in [1.165, 1.54) is 12.8 Å². The predicted octanol–water partition coefficient (Wildman–Crippen LogP) is 4.60. The van der Waals surface area contributed by atoms with E-state index in [9.17, 15) is 13.6 Å². The standard InChI is InChI=1S/C19H20F2N2O/c20-15-11-14(12-16(21)13-15)19(24)22-17-7-3-4-8-18(17)23-9-5-1-2-6-10-23/h3-4,7-8,11-13H,1-2,5-6,9-10H2,(H,22,24). The molecule has 2 aromatic carbocycles. The number of amides is 1. The minimum Gasteiger partial charge on any atom is -0.370 e. The zero-order valence-corrected chi connectivity index (χ0v) is 13.4. The molecule has 0 bridgehead atoms. The van der Waals surface area contributed by atoms with Crippen LogP contribution in [0, 0.1) is 11.6 Å². The highest BCUT2D eigenvalue weighted by molar-refractivity contribution is 6.06. The van der Waals surface area contributed by atoms with E-state index in [1.807, 2.05) is 24.3 Å². The number of halogens is 2. The maximum absolute atomic E-state index is 13.3. The summed E-state index contributed by atoms with van der Waals surface area (Å²) in [5.41, 5.74) is 1.58. The van der Waals surface area contributed by atoms with Crippen LogP contribution >= 0.6 is 0 Å². The molecule has 0 unspecified atom stereocenters. The van der Waals surface area contributed by atoms with Gasteiger partial charge in [0, 0.05) is 24.7 Å². The van der Waals surface area contributed by atoms with Crippen molar-refractivity contribution >= 4 is 17.3 Å². The van der Waals surface area contributed by atoms with Crippen LogP contribution in [0.25, 0.3) is 0 Å². The Balaban J connectivity index is 1.83. The van der Waals surface area contributed by atoms with Crippen LogP contribution in [0.3, 0.4) is 0 Å². The summed E-state index contributed by atoms with van der Waals surface area (Å²) in [6.45, 7) is 1.89. The molecule has 1 saturated heterocycles. The van der Waals surface area contributed by atoms with Gasteiger partial charge in [-0.3, -0.25) is 4.79 Å². The van der Waals surface area contributed by atoms with Gasteiger partial charge in [-0.25, -0.2) is 8.78 Å². The van der Waals surface area contributed by atoms with Crippen LogP contribution in [0.5, 0.6) is 0 Å². The highest BCUT2D eigenvalue weighted by Gasteiger charge is 2.16. The van der Waals surface area contributed by atoms with Gasteiger partial charge >= 0.3 is 0 Å². The Hall–Kier alpha value is -2.43. The first-order chi connectivity index (χ1) is 11.6. The molecule has 2 aromatic rings. The fraction of sp³-hybridized carbons (Fsp3) is 0.316. The Bertz CT molecular complexity index is 705. The van der Waals surface area contributed by atoms with Crippen molar-refractivity contribution < 1.29 is 13.6 Å². The third-order valence-corrected chi connectivity index (χ3v) is 4.22. The topological polar surface area (TPSA) is 32.3 Å². The molecule has 0 atom stereocenters. The largest absolute Gasteiger partial charge is 0.370 e. The lowest BCUT2D eigenvalue weighted by atomic mass is 10.1. The van der Waals surface area contributed by atoms with Crippen molar-refractivity contribution in [3.63, 3.8) is 0 Å². The van der Waals surface area contributed by atoms with Gasteiger partial charge in [0.25, 0.3) is 5.91 Å². The van der Waals surface area contributed by atoms with E-state index in [1.54, 1.807) is 0 Å². The fourth-order valence-electron chi connectivity index (χ4n) is 3.05. The second kappa shape index (κ2) is 7.43. The minimum absolute atomic E-state index is 0.0295. The zero-order valence-electron chi connectivity index (χ0n) is 13.4. The number of hydrogen-bond acceptors (Lipinski definition) is 2. The number of carbonyl (C=O) groups excluding carboxylic acids is 1. The van der Waals surface area contributed by atoms with E-state index in [-0.39, 0.29) is 5.56 Å². The maximum Gasteiger partial charge on any atom is 0.255 e. The fourth-order valence-corrected chi connectivity index (χ4v) is 3.05. The van der Waals surface area contributed by atoms with Crippen molar-refractivity contribution in [3.05, 3.63) is 59.7 Å². The van der Waals surface area contributed by atoms with Gasteiger partial charge in [0.05, 0.1) is 11.4 Å². The van der Waals surface area contributed by atoms with E-state index in [2.05, 4.69) is 10.2 Å². The zero-order chi connectivity index (χ0) is 16.9. The molecule has 0 radical (unpaired) electrons. The molecule has 1 aliphatic rings. The lowest BCUT2D eigenvalue weighted by molar-refractivity contribution is 0.102. The van der Waals surface area contributed by atoms with Crippen molar-refractivity contribution in [2.24, 2.45) is 0 Å². The normalized spacial score (nSPS) is 15.0. The second-order valence-electron chi connectivity index (χ2n) is 6.03. The van der Waals surface area contributed by atoms with Crippen LogP contribution in [0.4, 0.5) is 20.2 Å². The van der Waals surface area contributed by atoms with Gasteiger partial charge < -0.3 is 10.2 Å². The van der Waals surface area contributed by atoms with Gasteiger partial charge in [0.2, 0.25) is 0 Å². The van der Waals surface area contributed by atoms with Gasteiger partial charge in [-0.2, -0.15) is 0 Å². The predicted molar refractivity (Wildman–Crippen MR) is 91.4 cm³/mol. The highest BCUT2D eigenvalue weighted by Crippen LogP contribution is 2.28. The summed E-state index contributed by atoms with van der Waals surface area (Å²) in [5.74, 6) is -2.04. The number of anilines is 2. The smallest absolute Gasteiger partial charge is 0.255 e. The molecule has 0 spiro atoms. The van der Waals surface area contributed by atoms with E-state index in [0.29, 0.717) is 5.69 Å². The molecule has 126 valence electrons. The number of para-hydroxylation sites is 2. The van der Waals surface area contributed by atoms with Crippen LogP contribution in [0.2, 0.25) is 0 Å². The molecule has 0 aromatic heterocycles. The average Bonchev–Trinajstić information content (AvgIpc) is 2.83. The molecule has 5 heteroatoms. The van der Waals surface area contributed by atoms with Gasteiger partial charge in [-0.15, -0.1) is 0 Å². The molecule has 0 saturated carbocycles. The van der Waals surface area contributed by atoms with Gasteiger partial charge in [-0.05, 0) is 37.1 Å². The van der Waals surface area contributed by atoms with E-state index in [4.69, 9.17) is 0 Å². The number of carbonyl (C=O) groups is 1. The summed E-state index contributed by atoms with van der Waals surface area (Å²) in [5, 5.41) is 2.79. The van der Waals surface area contributed by atoms with Gasteiger partial charge in [0.1, 0.15) is 11.6 Å². The minimum atomic E-state index is -0.763. The van der Waals surface area contributed by atoms with Gasteiger partial charge in [-0.1, -0.05) is 25.0 Å². The molecule has 0 aliphatic carbocycles. The van der Waals surface area contributed by atoms with Crippen LogP contribution < -0.4 is 10.2 Å². The third kappa shape index (κ3) is 3.91. The Morgan fingerprint density at radius 1 is 0.917 bits per heavy atom. The Morgan fingerprint density at radius 2 is 1.54 bits per heavy atom. The van der Waals surface area contributed by atoms with Crippen LogP contribution in [0.1, 0.15) is 36.0 Å². The lowest BCUT2D eigenvalue weighted by Crippen LogP contribution is -2.25. The SMILES string of the molecule is O=C(Nc1ccccc1N1CCCCCC1)c1cc(F)cc(F)c1. The van der Waals surface area contributed by atoms with Crippen LogP contribution in [0.15, 0.2) is 42.5 Å². The number of nitrogens with one attached hydrogen (secondary N) is 1. The molecular formula is C19H20F2N2O. The summed E-state index contributed by atoms with van der Waals surface area (Å²) in [6, 6.07) is 10.4. The lowest BCUT2D eigenvalue weighted by Gasteiger charge is -2.25. The molecular weight excluding hydrogens is 310 g/mol. The Labute approximate surface area is 140 Å². The molecule has 24 heavy (non-hydrogen) atoms. The molecule has 3 nitrogen and oxygen atoms in total. The molecule has 1 fully saturated rings. The molecule has 1 heterocycles. The van der Waals surface area contributed by atoms with Crippen LogP contribution in [-0.4, -0.2) is 19.0 Å². The van der Waals surface area contributed by atoms with Gasteiger partial charge in [0.15, 0.2) is 0 Å². The summed E-state index contributed by atoms with van der Waals surface area (Å²) < 4.78 is 26.6. The van der Waals surface area contributed by atoms with E-state index in [0.717, 1.165) is 49.8 Å². The summed E-state index contributed by atoms with van der Waals surface area (Å²) in [6.07, 6.45) is 4.68. The first kappa shape index (κ1) is 16.4. The van der Waals surface area contributed by atoms with Crippen molar-refractivity contribution in [3.8, 4) is 0 Å². The Morgan fingerprint density at radius 3 is 2.21 bits per heavy atom. The molecule has 1 N–H and O–H groups in total. The number of hydrogen-bond donors (Lipinski definition) is 1. The summed E-state index contributed by atoms with van der Waals surface area (Å²) >= 11 is 0. The summed E-state index contributed by atoms with van der Waals surface area (Å²) in [4.78, 5) is 14.6.